The van der Waals surface area contributed by atoms with E-state index in [9.17, 15) is 13.2 Å². The molecule has 0 aromatic heterocycles. The molecule has 0 aromatic rings. The van der Waals surface area contributed by atoms with Gasteiger partial charge in [-0.15, -0.1) is 0 Å². The van der Waals surface area contributed by atoms with E-state index in [1.54, 1.807) is 0 Å². The quantitative estimate of drug-likeness (QED) is 0.380. The molecule has 0 amide bonds. The Morgan fingerprint density at radius 3 is 2.27 bits per heavy atom. The summed E-state index contributed by atoms with van der Waals surface area (Å²) in [4.78, 5) is 9.83. The van der Waals surface area contributed by atoms with Gasteiger partial charge in [0.1, 0.15) is 6.54 Å². The van der Waals surface area contributed by atoms with E-state index in [0.717, 1.165) is 0 Å². The van der Waals surface area contributed by atoms with E-state index < -0.39 is 27.0 Å². The number of carbonyl (C=O) groups is 1. The lowest BCUT2D eigenvalue weighted by molar-refractivity contribution is -0.135. The van der Waals surface area contributed by atoms with Crippen molar-refractivity contribution in [2.24, 2.45) is 0 Å². The van der Waals surface area contributed by atoms with Crippen molar-refractivity contribution in [3.63, 3.8) is 0 Å². The van der Waals surface area contributed by atoms with Crippen molar-refractivity contribution in [1.82, 2.24) is 5.32 Å². The van der Waals surface area contributed by atoms with Crippen molar-refractivity contribution in [2.75, 3.05) is 6.54 Å². The van der Waals surface area contributed by atoms with Gasteiger partial charge in [0.25, 0.3) is 0 Å². The second kappa shape index (κ2) is 3.60. The molecule has 0 aliphatic rings. The zero-order chi connectivity index (χ0) is 9.07. The summed E-state index contributed by atoms with van der Waals surface area (Å²) in [5, 5.41) is 9.85. The van der Waals surface area contributed by atoms with Gasteiger partial charge in [-0.3, -0.25) is 9.35 Å². The van der Waals surface area contributed by atoms with E-state index in [1.165, 1.54) is 0 Å². The Labute approximate surface area is 68.0 Å². The predicted octanol–water partition coefficient (Wildman–Crippen LogP) is -1.17. The SMILES string of the molecule is O=C(O)CNC(=S)S(=O)(=O)O. The number of hydrogen-bond donors (Lipinski definition) is 3. The highest BCUT2D eigenvalue weighted by Crippen LogP contribution is 1.83. The first kappa shape index (κ1) is 10.3. The molecule has 0 radical (unpaired) electrons. The average Bonchev–Trinajstić information content (AvgIpc) is 1.80. The third-order valence-electron chi connectivity index (χ3n) is 0.618. The molecule has 0 atom stereocenters. The van der Waals surface area contributed by atoms with Crippen LogP contribution in [0.25, 0.3) is 0 Å². The monoisotopic (exact) mass is 199 g/mol. The van der Waals surface area contributed by atoms with Crippen LogP contribution in [0.3, 0.4) is 0 Å². The summed E-state index contributed by atoms with van der Waals surface area (Å²) >= 11 is 4.10. The number of thiocarbonyl (C=S) groups is 1. The minimum absolute atomic E-state index is 0.640. The maximum Gasteiger partial charge on any atom is 0.322 e. The van der Waals surface area contributed by atoms with Gasteiger partial charge in [0.2, 0.25) is 4.32 Å². The van der Waals surface area contributed by atoms with Gasteiger partial charge in [-0.25, -0.2) is 0 Å². The van der Waals surface area contributed by atoms with Crippen LogP contribution in [0, 0.1) is 0 Å². The minimum atomic E-state index is -4.44. The van der Waals surface area contributed by atoms with E-state index in [0.29, 0.717) is 0 Å². The Balaban J connectivity index is 4.02. The predicted molar refractivity (Wildman–Crippen MR) is 39.8 cm³/mol. The van der Waals surface area contributed by atoms with E-state index in [2.05, 4.69) is 12.2 Å². The van der Waals surface area contributed by atoms with Gasteiger partial charge in [-0.1, -0.05) is 0 Å². The lowest BCUT2D eigenvalue weighted by Crippen LogP contribution is -2.33. The topological polar surface area (TPSA) is 104 Å². The van der Waals surface area contributed by atoms with Gasteiger partial charge in [0.15, 0.2) is 0 Å². The van der Waals surface area contributed by atoms with Crippen LogP contribution in [0.2, 0.25) is 0 Å². The van der Waals surface area contributed by atoms with E-state index in [4.69, 9.17) is 9.66 Å². The van der Waals surface area contributed by atoms with Crippen LogP contribution >= 0.6 is 12.2 Å². The molecule has 0 spiro atoms. The minimum Gasteiger partial charge on any atom is -0.480 e. The molecule has 0 unspecified atom stereocenters. The van der Waals surface area contributed by atoms with Crippen LogP contribution in [-0.2, 0) is 14.9 Å². The van der Waals surface area contributed by atoms with Crippen LogP contribution in [0.5, 0.6) is 0 Å². The molecule has 0 aliphatic carbocycles. The molecule has 6 nitrogen and oxygen atoms in total. The summed E-state index contributed by atoms with van der Waals surface area (Å²) in [6.45, 7) is -0.640. The molecule has 0 saturated carbocycles. The molecule has 0 bridgehead atoms. The molecular formula is C3H5NO5S2. The largest absolute Gasteiger partial charge is 0.480 e. The number of carboxylic acid groups (broad SMARTS) is 1. The van der Waals surface area contributed by atoms with E-state index >= 15 is 0 Å². The molecule has 0 heterocycles. The third kappa shape index (κ3) is 4.65. The van der Waals surface area contributed by atoms with E-state index in [-0.39, 0.29) is 0 Å². The van der Waals surface area contributed by atoms with Crippen LogP contribution in [0.1, 0.15) is 0 Å². The standard InChI is InChI=1S/C3H5NO5S2/c5-2(6)1-4-3(10)11(7,8)9/h1H2,(H,4,10)(H,5,6)(H,7,8,9). The Morgan fingerprint density at radius 1 is 1.55 bits per heavy atom. The highest BCUT2D eigenvalue weighted by molar-refractivity contribution is 8.13. The van der Waals surface area contributed by atoms with Gasteiger partial charge in [0, 0.05) is 0 Å². The van der Waals surface area contributed by atoms with Crippen molar-refractivity contribution in [3.05, 3.63) is 0 Å². The van der Waals surface area contributed by atoms with Crippen LogP contribution in [-0.4, -0.2) is 34.9 Å². The van der Waals surface area contributed by atoms with Crippen LogP contribution in [0.4, 0.5) is 0 Å². The number of carboxylic acids is 1. The first-order valence-corrected chi connectivity index (χ1v) is 4.16. The lowest BCUT2D eigenvalue weighted by Gasteiger charge is -1.99. The zero-order valence-electron chi connectivity index (χ0n) is 5.14. The number of rotatable bonds is 2. The highest BCUT2D eigenvalue weighted by atomic mass is 32.2. The lowest BCUT2D eigenvalue weighted by atomic mass is 10.7. The molecule has 0 aliphatic heterocycles. The van der Waals surface area contributed by atoms with Gasteiger partial charge < -0.3 is 10.4 Å². The fourth-order valence-electron chi connectivity index (χ4n) is 0.239. The summed E-state index contributed by atoms with van der Waals surface area (Å²) < 4.78 is 27.5. The van der Waals surface area contributed by atoms with Gasteiger partial charge >= 0.3 is 16.1 Å². The number of aliphatic carboxylic acids is 1. The van der Waals surface area contributed by atoms with Crippen LogP contribution < -0.4 is 5.32 Å². The summed E-state index contributed by atoms with van der Waals surface area (Å²) in [5.74, 6) is -1.27. The molecule has 3 N–H and O–H groups in total. The van der Waals surface area contributed by atoms with Crippen LogP contribution in [0.15, 0.2) is 0 Å². The smallest absolute Gasteiger partial charge is 0.322 e. The average molecular weight is 199 g/mol. The number of nitrogens with one attached hydrogen (secondary N) is 1. The molecule has 8 heteroatoms. The molecule has 11 heavy (non-hydrogen) atoms. The summed E-state index contributed by atoms with van der Waals surface area (Å²) in [6.07, 6.45) is 0. The number of hydrogen-bond acceptors (Lipinski definition) is 4. The van der Waals surface area contributed by atoms with Crippen molar-refractivity contribution in [1.29, 1.82) is 0 Å². The van der Waals surface area contributed by atoms with Crippen molar-refractivity contribution in [3.8, 4) is 0 Å². The maximum atomic E-state index is 10.1. The third-order valence-corrected chi connectivity index (χ3v) is 2.01. The summed E-state index contributed by atoms with van der Waals surface area (Å²) in [7, 11) is -4.44. The Kier molecular flexibility index (Phi) is 3.36. The normalized spacial score (nSPS) is 10.6. The fraction of sp³-hybridized carbons (Fsp3) is 0.333. The van der Waals surface area contributed by atoms with Gasteiger partial charge in [-0.2, -0.15) is 8.42 Å². The molecular weight excluding hydrogens is 194 g/mol. The van der Waals surface area contributed by atoms with Gasteiger partial charge in [0.05, 0.1) is 0 Å². The van der Waals surface area contributed by atoms with Crippen molar-refractivity contribution < 1.29 is 22.9 Å². The molecule has 0 aromatic carbocycles. The zero-order valence-corrected chi connectivity index (χ0v) is 6.78. The Bertz CT molecular complexity index is 267. The second-order valence-corrected chi connectivity index (χ2v) is 3.53. The Hall–Kier alpha value is -0.730. The first-order chi connectivity index (χ1) is 4.84. The maximum absolute atomic E-state index is 10.1. The summed E-state index contributed by atoms with van der Waals surface area (Å²) in [5.41, 5.74) is 0. The van der Waals surface area contributed by atoms with Crippen molar-refractivity contribution >= 4 is 32.6 Å². The van der Waals surface area contributed by atoms with E-state index in [1.807, 2.05) is 5.32 Å². The summed E-state index contributed by atoms with van der Waals surface area (Å²) in [6, 6.07) is 0. The molecule has 64 valence electrons. The Morgan fingerprint density at radius 2 is 2.00 bits per heavy atom. The van der Waals surface area contributed by atoms with Crippen molar-refractivity contribution in [2.45, 2.75) is 0 Å². The van der Waals surface area contributed by atoms with Gasteiger partial charge in [-0.05, 0) is 12.2 Å². The highest BCUT2D eigenvalue weighted by Gasteiger charge is 2.12. The molecule has 0 rings (SSSR count). The first-order valence-electron chi connectivity index (χ1n) is 2.31. The fourth-order valence-corrected chi connectivity index (χ4v) is 0.566. The molecule has 0 saturated heterocycles. The molecule has 0 fully saturated rings. The second-order valence-electron chi connectivity index (χ2n) is 1.51.